The smallest absolute Gasteiger partial charge is 0.257 e. The van der Waals surface area contributed by atoms with E-state index in [1.54, 1.807) is 11.3 Å². The normalized spacial score (nSPS) is 17.6. The number of likely N-dealkylation sites (tertiary alicyclic amines) is 1. The molecule has 1 saturated heterocycles. The van der Waals surface area contributed by atoms with Gasteiger partial charge in [0, 0.05) is 18.7 Å². The number of aromatic nitrogens is 2. The van der Waals surface area contributed by atoms with Crippen LogP contribution < -0.4 is 0 Å². The fourth-order valence-corrected chi connectivity index (χ4v) is 3.87. The van der Waals surface area contributed by atoms with Gasteiger partial charge < -0.3 is 9.32 Å². The lowest BCUT2D eigenvalue weighted by Gasteiger charge is -2.31. The first kappa shape index (κ1) is 16.0. The van der Waals surface area contributed by atoms with Gasteiger partial charge in [-0.2, -0.15) is 0 Å². The zero-order valence-corrected chi connectivity index (χ0v) is 14.8. The maximum Gasteiger partial charge on any atom is 0.257 e. The van der Waals surface area contributed by atoms with E-state index in [2.05, 4.69) is 10.2 Å². The van der Waals surface area contributed by atoms with Crippen LogP contribution in [0, 0.1) is 6.92 Å². The van der Waals surface area contributed by atoms with Crippen molar-refractivity contribution in [3.05, 3.63) is 58.8 Å². The molecule has 3 aromatic rings. The van der Waals surface area contributed by atoms with Crippen molar-refractivity contribution in [2.75, 3.05) is 13.1 Å². The summed E-state index contributed by atoms with van der Waals surface area (Å²) in [6.45, 7) is 3.40. The van der Waals surface area contributed by atoms with E-state index in [9.17, 15) is 4.79 Å². The molecule has 1 atom stereocenters. The third kappa shape index (κ3) is 3.35. The van der Waals surface area contributed by atoms with Crippen molar-refractivity contribution in [2.24, 2.45) is 0 Å². The number of rotatable bonds is 3. The summed E-state index contributed by atoms with van der Waals surface area (Å²) < 4.78 is 5.87. The third-order valence-electron chi connectivity index (χ3n) is 4.50. The third-order valence-corrected chi connectivity index (χ3v) is 5.35. The van der Waals surface area contributed by atoms with Gasteiger partial charge in [-0.1, -0.05) is 23.8 Å². The molecular weight excluding hydrogens is 334 g/mol. The molecule has 1 aliphatic heterocycles. The van der Waals surface area contributed by atoms with Gasteiger partial charge in [0.15, 0.2) is 0 Å². The SMILES string of the molecule is Cc1cccc(C(=O)N2CCCC(c3nnc(-c4cccs4)o3)C2)c1. The number of carbonyl (C=O) groups is 1. The van der Waals surface area contributed by atoms with Crippen molar-refractivity contribution in [3.63, 3.8) is 0 Å². The van der Waals surface area contributed by atoms with Crippen molar-refractivity contribution < 1.29 is 9.21 Å². The monoisotopic (exact) mass is 353 g/mol. The number of hydrogen-bond donors (Lipinski definition) is 0. The second kappa shape index (κ2) is 6.80. The molecule has 1 amide bonds. The minimum atomic E-state index is 0.0754. The molecule has 0 saturated carbocycles. The molecule has 0 aliphatic carbocycles. The second-order valence-corrected chi connectivity index (χ2v) is 7.33. The van der Waals surface area contributed by atoms with Crippen LogP contribution in [-0.4, -0.2) is 34.1 Å². The van der Waals surface area contributed by atoms with Crippen LogP contribution in [0.5, 0.6) is 0 Å². The van der Waals surface area contributed by atoms with Gasteiger partial charge in [-0.3, -0.25) is 4.79 Å². The van der Waals surface area contributed by atoms with Crippen LogP contribution in [-0.2, 0) is 0 Å². The van der Waals surface area contributed by atoms with Crippen LogP contribution >= 0.6 is 11.3 Å². The van der Waals surface area contributed by atoms with Gasteiger partial charge in [0.25, 0.3) is 11.8 Å². The number of thiophene rings is 1. The van der Waals surface area contributed by atoms with Gasteiger partial charge in [0.05, 0.1) is 10.8 Å². The van der Waals surface area contributed by atoms with E-state index in [4.69, 9.17) is 4.42 Å². The second-order valence-electron chi connectivity index (χ2n) is 6.38. The van der Waals surface area contributed by atoms with E-state index in [1.807, 2.05) is 53.6 Å². The first-order chi connectivity index (χ1) is 12.2. The summed E-state index contributed by atoms with van der Waals surface area (Å²) in [5, 5.41) is 10.4. The van der Waals surface area contributed by atoms with E-state index in [0.717, 1.165) is 35.4 Å². The lowest BCUT2D eigenvalue weighted by molar-refractivity contribution is 0.0698. The van der Waals surface area contributed by atoms with Crippen molar-refractivity contribution in [2.45, 2.75) is 25.7 Å². The number of benzene rings is 1. The molecule has 6 heteroatoms. The fourth-order valence-electron chi connectivity index (χ4n) is 3.22. The van der Waals surface area contributed by atoms with Crippen molar-refractivity contribution in [1.82, 2.24) is 15.1 Å². The zero-order valence-electron chi connectivity index (χ0n) is 14.0. The molecule has 128 valence electrons. The molecule has 1 aliphatic rings. The summed E-state index contributed by atoms with van der Waals surface area (Å²) >= 11 is 1.58. The number of amides is 1. The summed E-state index contributed by atoms with van der Waals surface area (Å²) in [5.41, 5.74) is 1.84. The van der Waals surface area contributed by atoms with E-state index < -0.39 is 0 Å². The van der Waals surface area contributed by atoms with Gasteiger partial charge in [-0.25, -0.2) is 0 Å². The number of piperidine rings is 1. The Morgan fingerprint density at radius 2 is 2.20 bits per heavy atom. The predicted octanol–water partition coefficient (Wildman–Crippen LogP) is 4.13. The maximum atomic E-state index is 12.8. The van der Waals surface area contributed by atoms with Crippen molar-refractivity contribution in [1.29, 1.82) is 0 Å². The molecular formula is C19H19N3O2S. The minimum absolute atomic E-state index is 0.0754. The molecule has 0 spiro atoms. The van der Waals surface area contributed by atoms with Gasteiger partial charge >= 0.3 is 0 Å². The highest BCUT2D eigenvalue weighted by atomic mass is 32.1. The topological polar surface area (TPSA) is 59.2 Å². The van der Waals surface area contributed by atoms with Crippen LogP contribution in [0.3, 0.4) is 0 Å². The fraction of sp³-hybridized carbons (Fsp3) is 0.316. The standard InChI is InChI=1S/C19H19N3O2S/c1-13-5-2-6-14(11-13)19(23)22-9-3-7-15(12-22)17-20-21-18(24-17)16-8-4-10-25-16/h2,4-6,8,10-11,15H,3,7,9,12H2,1H3. The molecule has 2 aromatic heterocycles. The lowest BCUT2D eigenvalue weighted by Crippen LogP contribution is -2.39. The summed E-state index contributed by atoms with van der Waals surface area (Å²) in [6, 6.07) is 11.7. The molecule has 1 unspecified atom stereocenters. The van der Waals surface area contributed by atoms with Crippen LogP contribution in [0.2, 0.25) is 0 Å². The van der Waals surface area contributed by atoms with Crippen LogP contribution in [0.15, 0.2) is 46.2 Å². The van der Waals surface area contributed by atoms with E-state index in [-0.39, 0.29) is 11.8 Å². The Hall–Kier alpha value is -2.47. The van der Waals surface area contributed by atoms with Gasteiger partial charge in [-0.15, -0.1) is 21.5 Å². The molecule has 4 rings (SSSR count). The van der Waals surface area contributed by atoms with E-state index >= 15 is 0 Å². The quantitative estimate of drug-likeness (QED) is 0.710. The Labute approximate surface area is 150 Å². The van der Waals surface area contributed by atoms with Gasteiger partial charge in [-0.05, 0) is 43.3 Å². The maximum absolute atomic E-state index is 12.8. The van der Waals surface area contributed by atoms with Crippen molar-refractivity contribution in [3.8, 4) is 10.8 Å². The molecule has 1 aromatic carbocycles. The molecule has 0 radical (unpaired) electrons. The first-order valence-corrected chi connectivity index (χ1v) is 9.32. The van der Waals surface area contributed by atoms with E-state index in [0.29, 0.717) is 18.3 Å². The number of carbonyl (C=O) groups excluding carboxylic acids is 1. The summed E-state index contributed by atoms with van der Waals surface area (Å²) in [7, 11) is 0. The number of nitrogens with zero attached hydrogens (tertiary/aromatic N) is 3. The van der Waals surface area contributed by atoms with Gasteiger partial charge in [0.1, 0.15) is 0 Å². The predicted molar refractivity (Wildman–Crippen MR) is 96.7 cm³/mol. The first-order valence-electron chi connectivity index (χ1n) is 8.44. The molecule has 25 heavy (non-hydrogen) atoms. The molecule has 1 fully saturated rings. The summed E-state index contributed by atoms with van der Waals surface area (Å²) in [6.07, 6.45) is 1.91. The number of aryl methyl sites for hydroxylation is 1. The summed E-state index contributed by atoms with van der Waals surface area (Å²) in [4.78, 5) is 15.7. The average molecular weight is 353 g/mol. The average Bonchev–Trinajstić information content (AvgIpc) is 3.32. The highest BCUT2D eigenvalue weighted by molar-refractivity contribution is 7.13. The highest BCUT2D eigenvalue weighted by Gasteiger charge is 2.29. The van der Waals surface area contributed by atoms with Crippen LogP contribution in [0.1, 0.15) is 40.6 Å². The van der Waals surface area contributed by atoms with Crippen LogP contribution in [0.4, 0.5) is 0 Å². The van der Waals surface area contributed by atoms with Crippen molar-refractivity contribution >= 4 is 17.2 Å². The Morgan fingerprint density at radius 1 is 1.28 bits per heavy atom. The molecule has 0 bridgehead atoms. The molecule has 0 N–H and O–H groups in total. The van der Waals surface area contributed by atoms with Gasteiger partial charge in [0.2, 0.25) is 5.89 Å². The van der Waals surface area contributed by atoms with Crippen LogP contribution in [0.25, 0.3) is 10.8 Å². The molecule has 5 nitrogen and oxygen atoms in total. The molecule has 3 heterocycles. The minimum Gasteiger partial charge on any atom is -0.420 e. The number of hydrogen-bond acceptors (Lipinski definition) is 5. The zero-order chi connectivity index (χ0) is 17.2. The Balaban J connectivity index is 1.50. The highest BCUT2D eigenvalue weighted by Crippen LogP contribution is 2.30. The Morgan fingerprint density at radius 3 is 3.00 bits per heavy atom. The lowest BCUT2D eigenvalue weighted by atomic mass is 9.97. The summed E-state index contributed by atoms with van der Waals surface area (Å²) in [5.74, 6) is 1.37. The Kier molecular flexibility index (Phi) is 4.36. The largest absolute Gasteiger partial charge is 0.420 e. The van der Waals surface area contributed by atoms with E-state index in [1.165, 1.54) is 0 Å². The Bertz CT molecular complexity index is 872.